The molecular formula is C16H14F4N2O3. The first-order valence-electron chi connectivity index (χ1n) is 6.99. The summed E-state index contributed by atoms with van der Waals surface area (Å²) in [5.74, 6) is -1.49. The minimum atomic E-state index is -4.68. The van der Waals surface area contributed by atoms with Crippen LogP contribution in [-0.2, 0) is 17.5 Å². The summed E-state index contributed by atoms with van der Waals surface area (Å²) in [6.07, 6.45) is -4.68. The number of esters is 1. The predicted molar refractivity (Wildman–Crippen MR) is 80.9 cm³/mol. The van der Waals surface area contributed by atoms with Crippen molar-refractivity contribution in [3.05, 3.63) is 52.8 Å². The summed E-state index contributed by atoms with van der Waals surface area (Å²) in [5.41, 5.74) is -1.14. The number of benzene rings is 1. The number of nitrogens with one attached hydrogen (secondary N) is 1. The first-order valence-corrected chi connectivity index (χ1v) is 6.99. The predicted octanol–water partition coefficient (Wildman–Crippen LogP) is 3.65. The molecule has 0 atom stereocenters. The quantitative estimate of drug-likeness (QED) is 0.653. The molecule has 0 radical (unpaired) electrons. The molecule has 134 valence electrons. The Kier molecular flexibility index (Phi) is 5.45. The van der Waals surface area contributed by atoms with Gasteiger partial charge in [-0.05, 0) is 29.8 Å². The van der Waals surface area contributed by atoms with Gasteiger partial charge in [0.25, 0.3) is 0 Å². The maximum Gasteiger partial charge on any atom is 0.416 e. The number of hydrogen-bond donors (Lipinski definition) is 1. The van der Waals surface area contributed by atoms with E-state index in [1.807, 2.05) is 0 Å². The van der Waals surface area contributed by atoms with Gasteiger partial charge >= 0.3 is 12.1 Å². The highest BCUT2D eigenvalue weighted by atomic mass is 19.4. The fourth-order valence-electron chi connectivity index (χ4n) is 2.11. The van der Waals surface area contributed by atoms with E-state index in [4.69, 9.17) is 4.74 Å². The molecule has 0 fully saturated rings. The Bertz CT molecular complexity index is 778. The standard InChI is InChI=1S/C16H14F4N2O3/c1-24-14-11(15(23)25-2)5-6-13(22-14)21-8-9-3-4-10(17)7-12(9)16(18,19)20/h3-7H,8H2,1-2H3,(H,21,22). The van der Waals surface area contributed by atoms with Crippen LogP contribution in [-0.4, -0.2) is 25.2 Å². The van der Waals surface area contributed by atoms with E-state index in [1.165, 1.54) is 26.4 Å². The first kappa shape index (κ1) is 18.5. The van der Waals surface area contributed by atoms with E-state index in [2.05, 4.69) is 15.0 Å². The number of methoxy groups -OCH3 is 2. The molecule has 1 heterocycles. The first-order chi connectivity index (χ1) is 11.8. The van der Waals surface area contributed by atoms with Crippen LogP contribution in [0.4, 0.5) is 23.4 Å². The van der Waals surface area contributed by atoms with Crippen molar-refractivity contribution in [3.63, 3.8) is 0 Å². The summed E-state index contributed by atoms with van der Waals surface area (Å²) >= 11 is 0. The molecule has 1 aromatic carbocycles. The zero-order chi connectivity index (χ0) is 18.6. The number of aromatic nitrogens is 1. The number of carbonyl (C=O) groups excluding carboxylic acids is 1. The van der Waals surface area contributed by atoms with E-state index in [0.717, 1.165) is 12.1 Å². The number of pyridine rings is 1. The molecule has 2 rings (SSSR count). The molecule has 0 unspecified atom stereocenters. The second-order valence-corrected chi connectivity index (χ2v) is 4.90. The molecule has 0 aliphatic carbocycles. The number of alkyl halides is 3. The van der Waals surface area contributed by atoms with Gasteiger partial charge < -0.3 is 14.8 Å². The summed E-state index contributed by atoms with van der Waals surface area (Å²) in [6.45, 7) is -0.247. The lowest BCUT2D eigenvalue weighted by Crippen LogP contribution is -2.13. The van der Waals surface area contributed by atoms with E-state index in [1.54, 1.807) is 0 Å². The molecule has 5 nitrogen and oxygen atoms in total. The summed E-state index contributed by atoms with van der Waals surface area (Å²) < 4.78 is 61.6. The number of carbonyl (C=O) groups is 1. The molecule has 25 heavy (non-hydrogen) atoms. The van der Waals surface area contributed by atoms with Gasteiger partial charge in [0.15, 0.2) is 0 Å². The third-order valence-electron chi connectivity index (χ3n) is 3.30. The summed E-state index contributed by atoms with van der Waals surface area (Å²) in [6, 6.07) is 5.19. The highest BCUT2D eigenvalue weighted by Gasteiger charge is 2.33. The van der Waals surface area contributed by atoms with Crippen molar-refractivity contribution in [3.8, 4) is 5.88 Å². The van der Waals surface area contributed by atoms with E-state index < -0.39 is 23.5 Å². The van der Waals surface area contributed by atoms with Crippen molar-refractivity contribution in [2.45, 2.75) is 12.7 Å². The second-order valence-electron chi connectivity index (χ2n) is 4.90. The number of halogens is 4. The number of nitrogens with zero attached hydrogens (tertiary/aromatic N) is 1. The average Bonchev–Trinajstić information content (AvgIpc) is 2.58. The lowest BCUT2D eigenvalue weighted by atomic mass is 10.1. The molecular weight excluding hydrogens is 344 g/mol. The molecule has 0 amide bonds. The maximum atomic E-state index is 13.1. The second kappa shape index (κ2) is 7.37. The minimum Gasteiger partial charge on any atom is -0.480 e. The van der Waals surface area contributed by atoms with Crippen LogP contribution in [0.5, 0.6) is 5.88 Å². The van der Waals surface area contributed by atoms with E-state index in [9.17, 15) is 22.4 Å². The third-order valence-corrected chi connectivity index (χ3v) is 3.30. The van der Waals surface area contributed by atoms with Crippen LogP contribution in [0.3, 0.4) is 0 Å². The Morgan fingerprint density at radius 3 is 2.52 bits per heavy atom. The maximum absolute atomic E-state index is 13.1. The van der Waals surface area contributed by atoms with Gasteiger partial charge in [0.2, 0.25) is 5.88 Å². The highest BCUT2D eigenvalue weighted by Crippen LogP contribution is 2.33. The molecule has 0 aliphatic heterocycles. The normalized spacial score (nSPS) is 11.1. The Morgan fingerprint density at radius 1 is 1.20 bits per heavy atom. The third kappa shape index (κ3) is 4.37. The Morgan fingerprint density at radius 2 is 1.92 bits per heavy atom. The lowest BCUT2D eigenvalue weighted by Gasteiger charge is -2.14. The Hall–Kier alpha value is -2.84. The van der Waals surface area contributed by atoms with Crippen LogP contribution in [0.1, 0.15) is 21.5 Å². The van der Waals surface area contributed by atoms with Gasteiger partial charge in [-0.1, -0.05) is 6.07 Å². The largest absolute Gasteiger partial charge is 0.480 e. The van der Waals surface area contributed by atoms with Crippen molar-refractivity contribution >= 4 is 11.8 Å². The lowest BCUT2D eigenvalue weighted by molar-refractivity contribution is -0.138. The number of ether oxygens (including phenoxy) is 2. The summed E-state index contributed by atoms with van der Waals surface area (Å²) in [4.78, 5) is 15.5. The van der Waals surface area contributed by atoms with Crippen LogP contribution in [0, 0.1) is 5.82 Å². The molecule has 0 saturated carbocycles. The molecule has 9 heteroatoms. The number of hydrogen-bond acceptors (Lipinski definition) is 5. The van der Waals surface area contributed by atoms with Crippen molar-refractivity contribution in [1.29, 1.82) is 0 Å². The molecule has 0 bridgehead atoms. The zero-order valence-corrected chi connectivity index (χ0v) is 13.3. The smallest absolute Gasteiger partial charge is 0.416 e. The Balaban J connectivity index is 2.24. The van der Waals surface area contributed by atoms with Gasteiger partial charge in [0.05, 0.1) is 19.8 Å². The average molecular weight is 358 g/mol. The molecule has 2 aromatic rings. The summed E-state index contributed by atoms with van der Waals surface area (Å²) in [5, 5.41) is 2.69. The van der Waals surface area contributed by atoms with Crippen molar-refractivity contribution in [1.82, 2.24) is 4.98 Å². The topological polar surface area (TPSA) is 60.5 Å². The van der Waals surface area contributed by atoms with Crippen LogP contribution in [0.25, 0.3) is 0 Å². The van der Waals surface area contributed by atoms with E-state index in [0.29, 0.717) is 6.07 Å². The fraction of sp³-hybridized carbons (Fsp3) is 0.250. The van der Waals surface area contributed by atoms with Gasteiger partial charge in [-0.2, -0.15) is 18.2 Å². The van der Waals surface area contributed by atoms with E-state index >= 15 is 0 Å². The van der Waals surface area contributed by atoms with Crippen LogP contribution in [0.2, 0.25) is 0 Å². The van der Waals surface area contributed by atoms with Gasteiger partial charge in [-0.25, -0.2) is 9.18 Å². The molecule has 1 N–H and O–H groups in total. The summed E-state index contributed by atoms with van der Waals surface area (Å²) in [7, 11) is 2.49. The molecule has 0 spiro atoms. The minimum absolute atomic E-state index is 0.0352. The molecule has 0 aliphatic rings. The van der Waals surface area contributed by atoms with Crippen molar-refractivity contribution in [2.75, 3.05) is 19.5 Å². The Labute approximate surface area is 140 Å². The van der Waals surface area contributed by atoms with Gasteiger partial charge in [0.1, 0.15) is 17.2 Å². The fourth-order valence-corrected chi connectivity index (χ4v) is 2.11. The zero-order valence-electron chi connectivity index (χ0n) is 13.3. The highest BCUT2D eigenvalue weighted by molar-refractivity contribution is 5.92. The molecule has 1 aromatic heterocycles. The van der Waals surface area contributed by atoms with E-state index in [-0.39, 0.29) is 29.4 Å². The van der Waals surface area contributed by atoms with Crippen LogP contribution >= 0.6 is 0 Å². The van der Waals surface area contributed by atoms with Gasteiger partial charge in [-0.15, -0.1) is 0 Å². The SMILES string of the molecule is COC(=O)c1ccc(NCc2ccc(F)cc2C(F)(F)F)nc1OC. The molecule has 0 saturated heterocycles. The number of rotatable bonds is 5. The van der Waals surface area contributed by atoms with Crippen LogP contribution < -0.4 is 10.1 Å². The van der Waals surface area contributed by atoms with Crippen molar-refractivity contribution in [2.24, 2.45) is 0 Å². The van der Waals surface area contributed by atoms with Gasteiger partial charge in [-0.3, -0.25) is 0 Å². The van der Waals surface area contributed by atoms with Crippen LogP contribution in [0.15, 0.2) is 30.3 Å². The monoisotopic (exact) mass is 358 g/mol. The number of anilines is 1. The van der Waals surface area contributed by atoms with Crippen molar-refractivity contribution < 1.29 is 31.8 Å². The van der Waals surface area contributed by atoms with Gasteiger partial charge in [0, 0.05) is 6.54 Å².